The normalized spacial score (nSPS) is 19.2. The Kier molecular flexibility index (Phi) is 1.92. The van der Waals surface area contributed by atoms with Crippen LogP contribution in [0.15, 0.2) is 12.1 Å². The van der Waals surface area contributed by atoms with Crippen LogP contribution in [0, 0.1) is 6.92 Å². The van der Waals surface area contributed by atoms with Crippen LogP contribution >= 0.6 is 0 Å². The van der Waals surface area contributed by atoms with Crippen molar-refractivity contribution in [1.82, 2.24) is 15.5 Å². The maximum Gasteiger partial charge on any atom is 0.149 e. The fraction of sp³-hybridized carbons (Fsp3) is 0.556. The SMILES string of the molecule is Cc1ccc(NC2(C)CNC2)nn1. The number of aryl methyl sites for hydroxylation is 1. The molecule has 0 unspecified atom stereocenters. The molecule has 70 valence electrons. The van der Waals surface area contributed by atoms with Gasteiger partial charge in [-0.1, -0.05) is 0 Å². The largest absolute Gasteiger partial charge is 0.361 e. The molecule has 0 saturated carbocycles. The summed E-state index contributed by atoms with van der Waals surface area (Å²) >= 11 is 0. The Morgan fingerprint density at radius 1 is 1.38 bits per heavy atom. The maximum absolute atomic E-state index is 4.06. The monoisotopic (exact) mass is 178 g/mol. The van der Waals surface area contributed by atoms with Gasteiger partial charge in [-0.2, -0.15) is 5.10 Å². The lowest BCUT2D eigenvalue weighted by atomic mass is 9.95. The molecule has 1 aliphatic heterocycles. The third-order valence-corrected chi connectivity index (χ3v) is 2.26. The van der Waals surface area contributed by atoms with Crippen LogP contribution in [0.25, 0.3) is 0 Å². The number of hydrogen-bond acceptors (Lipinski definition) is 4. The van der Waals surface area contributed by atoms with Gasteiger partial charge in [-0.05, 0) is 26.0 Å². The van der Waals surface area contributed by atoms with Crippen molar-refractivity contribution in [3.63, 3.8) is 0 Å². The zero-order valence-electron chi connectivity index (χ0n) is 7.96. The van der Waals surface area contributed by atoms with E-state index in [0.717, 1.165) is 24.6 Å². The highest BCUT2D eigenvalue weighted by molar-refractivity contribution is 5.37. The van der Waals surface area contributed by atoms with Crippen molar-refractivity contribution in [3.05, 3.63) is 17.8 Å². The molecule has 0 aliphatic carbocycles. The van der Waals surface area contributed by atoms with Crippen LogP contribution in [0.2, 0.25) is 0 Å². The summed E-state index contributed by atoms with van der Waals surface area (Å²) in [5.41, 5.74) is 1.10. The highest BCUT2D eigenvalue weighted by Gasteiger charge is 2.31. The van der Waals surface area contributed by atoms with E-state index in [0.29, 0.717) is 0 Å². The number of aromatic nitrogens is 2. The van der Waals surface area contributed by atoms with Crippen LogP contribution in [0.4, 0.5) is 5.82 Å². The first-order valence-electron chi connectivity index (χ1n) is 4.47. The average molecular weight is 178 g/mol. The predicted octanol–water partition coefficient (Wildman–Crippen LogP) is 0.559. The molecule has 2 rings (SSSR count). The van der Waals surface area contributed by atoms with Crippen molar-refractivity contribution < 1.29 is 0 Å². The maximum atomic E-state index is 4.06. The lowest BCUT2D eigenvalue weighted by Crippen LogP contribution is -2.62. The minimum absolute atomic E-state index is 0.157. The van der Waals surface area contributed by atoms with E-state index in [1.165, 1.54) is 0 Å². The third kappa shape index (κ3) is 1.78. The van der Waals surface area contributed by atoms with E-state index in [2.05, 4.69) is 27.8 Å². The molecule has 1 aromatic heterocycles. The van der Waals surface area contributed by atoms with Crippen molar-refractivity contribution in [2.45, 2.75) is 19.4 Å². The highest BCUT2D eigenvalue weighted by atomic mass is 15.2. The topological polar surface area (TPSA) is 49.8 Å². The van der Waals surface area contributed by atoms with Crippen molar-refractivity contribution >= 4 is 5.82 Å². The fourth-order valence-electron chi connectivity index (χ4n) is 1.36. The van der Waals surface area contributed by atoms with E-state index < -0.39 is 0 Å². The highest BCUT2D eigenvalue weighted by Crippen LogP contribution is 2.16. The molecule has 1 aliphatic rings. The summed E-state index contributed by atoms with van der Waals surface area (Å²) < 4.78 is 0. The first-order chi connectivity index (χ1) is 6.18. The third-order valence-electron chi connectivity index (χ3n) is 2.26. The summed E-state index contributed by atoms with van der Waals surface area (Å²) in [6, 6.07) is 3.93. The van der Waals surface area contributed by atoms with Crippen molar-refractivity contribution in [2.24, 2.45) is 0 Å². The van der Waals surface area contributed by atoms with Crippen LogP contribution in [0.5, 0.6) is 0 Å². The molecule has 0 radical (unpaired) electrons. The second-order valence-electron chi connectivity index (χ2n) is 3.85. The lowest BCUT2D eigenvalue weighted by Gasteiger charge is -2.40. The van der Waals surface area contributed by atoms with Gasteiger partial charge in [-0.15, -0.1) is 5.10 Å². The van der Waals surface area contributed by atoms with Gasteiger partial charge in [0.25, 0.3) is 0 Å². The molecule has 2 N–H and O–H groups in total. The Morgan fingerprint density at radius 2 is 2.15 bits per heavy atom. The molecule has 0 spiro atoms. The van der Waals surface area contributed by atoms with Crippen molar-refractivity contribution in [3.8, 4) is 0 Å². The summed E-state index contributed by atoms with van der Waals surface area (Å²) in [5, 5.41) is 14.6. The Hall–Kier alpha value is -1.16. The quantitative estimate of drug-likeness (QED) is 0.694. The Balaban J connectivity index is 2.05. The predicted molar refractivity (Wildman–Crippen MR) is 51.7 cm³/mol. The molecule has 0 amide bonds. The minimum Gasteiger partial charge on any atom is -0.361 e. The Labute approximate surface area is 77.8 Å². The van der Waals surface area contributed by atoms with Gasteiger partial charge in [0.2, 0.25) is 0 Å². The summed E-state index contributed by atoms with van der Waals surface area (Å²) in [6.45, 7) is 6.08. The Morgan fingerprint density at radius 3 is 2.62 bits per heavy atom. The van der Waals surface area contributed by atoms with E-state index in [-0.39, 0.29) is 5.54 Å². The first kappa shape index (κ1) is 8.44. The zero-order valence-corrected chi connectivity index (χ0v) is 7.96. The number of anilines is 1. The van der Waals surface area contributed by atoms with Crippen LogP contribution in [-0.2, 0) is 0 Å². The van der Waals surface area contributed by atoms with Crippen LogP contribution in [0.3, 0.4) is 0 Å². The van der Waals surface area contributed by atoms with E-state index >= 15 is 0 Å². The smallest absolute Gasteiger partial charge is 0.149 e. The van der Waals surface area contributed by atoms with Gasteiger partial charge in [0.1, 0.15) is 5.82 Å². The van der Waals surface area contributed by atoms with Gasteiger partial charge in [-0.3, -0.25) is 0 Å². The molecule has 4 nitrogen and oxygen atoms in total. The standard InChI is InChI=1S/C9H14N4/c1-7-3-4-8(13-12-7)11-9(2)5-10-6-9/h3-4,10H,5-6H2,1-2H3,(H,11,13). The van der Waals surface area contributed by atoms with Crippen molar-refractivity contribution in [1.29, 1.82) is 0 Å². The zero-order chi connectivity index (χ0) is 9.31. The van der Waals surface area contributed by atoms with Gasteiger partial charge in [0, 0.05) is 13.1 Å². The number of nitrogens with one attached hydrogen (secondary N) is 2. The Bertz CT molecular complexity index is 289. The first-order valence-corrected chi connectivity index (χ1v) is 4.47. The number of rotatable bonds is 2. The summed E-state index contributed by atoms with van der Waals surface area (Å²) in [6.07, 6.45) is 0. The molecule has 0 atom stereocenters. The van der Waals surface area contributed by atoms with Gasteiger partial charge in [-0.25, -0.2) is 0 Å². The molecule has 13 heavy (non-hydrogen) atoms. The van der Waals surface area contributed by atoms with Crippen LogP contribution in [-0.4, -0.2) is 28.8 Å². The van der Waals surface area contributed by atoms with E-state index in [1.807, 2.05) is 19.1 Å². The summed E-state index contributed by atoms with van der Waals surface area (Å²) in [4.78, 5) is 0. The van der Waals surface area contributed by atoms with Gasteiger partial charge in [0.05, 0.1) is 11.2 Å². The van der Waals surface area contributed by atoms with Crippen molar-refractivity contribution in [2.75, 3.05) is 18.4 Å². The van der Waals surface area contributed by atoms with Crippen LogP contribution < -0.4 is 10.6 Å². The van der Waals surface area contributed by atoms with Crippen LogP contribution in [0.1, 0.15) is 12.6 Å². The molecule has 0 bridgehead atoms. The molecular weight excluding hydrogens is 164 g/mol. The van der Waals surface area contributed by atoms with Gasteiger partial charge in [0.15, 0.2) is 0 Å². The molecule has 0 aromatic carbocycles. The van der Waals surface area contributed by atoms with E-state index in [1.54, 1.807) is 0 Å². The molecule has 1 saturated heterocycles. The van der Waals surface area contributed by atoms with Gasteiger partial charge >= 0.3 is 0 Å². The molecule has 4 heteroatoms. The van der Waals surface area contributed by atoms with E-state index in [9.17, 15) is 0 Å². The average Bonchev–Trinajstić information content (AvgIpc) is 2.06. The number of nitrogens with zero attached hydrogens (tertiary/aromatic N) is 2. The fourth-order valence-corrected chi connectivity index (χ4v) is 1.36. The second-order valence-corrected chi connectivity index (χ2v) is 3.85. The minimum atomic E-state index is 0.157. The molecular formula is C9H14N4. The lowest BCUT2D eigenvalue weighted by molar-refractivity contribution is 0.337. The summed E-state index contributed by atoms with van der Waals surface area (Å²) in [7, 11) is 0. The summed E-state index contributed by atoms with van der Waals surface area (Å²) in [5.74, 6) is 0.856. The molecule has 2 heterocycles. The molecule has 1 fully saturated rings. The van der Waals surface area contributed by atoms with E-state index in [4.69, 9.17) is 0 Å². The molecule has 1 aromatic rings. The number of hydrogen-bond donors (Lipinski definition) is 2. The van der Waals surface area contributed by atoms with Gasteiger partial charge < -0.3 is 10.6 Å². The second kappa shape index (κ2) is 2.96.